The van der Waals surface area contributed by atoms with Crippen LogP contribution < -0.4 is 10.6 Å². The highest BCUT2D eigenvalue weighted by molar-refractivity contribution is 5.90. The first-order valence-corrected chi connectivity index (χ1v) is 5.94. The molecule has 0 spiro atoms. The molecule has 0 bridgehead atoms. The van der Waals surface area contributed by atoms with E-state index < -0.39 is 5.91 Å². The van der Waals surface area contributed by atoms with Crippen molar-refractivity contribution < 1.29 is 4.79 Å². The molecule has 90 valence electrons. The third kappa shape index (κ3) is 3.31. The minimum atomic E-state index is -0.440. The Labute approximate surface area is 101 Å². The number of hydrogen-bond donors (Lipinski definition) is 1. The third-order valence-corrected chi connectivity index (χ3v) is 2.89. The van der Waals surface area contributed by atoms with Crippen LogP contribution in [0.1, 0.15) is 24.8 Å². The van der Waals surface area contributed by atoms with E-state index in [9.17, 15) is 4.79 Å². The van der Waals surface area contributed by atoms with Crippen LogP contribution in [0.15, 0.2) is 24.4 Å². The van der Waals surface area contributed by atoms with Crippen LogP contribution in [0.25, 0.3) is 6.08 Å². The molecule has 1 aromatic rings. The highest BCUT2D eigenvalue weighted by atomic mass is 16.1. The van der Waals surface area contributed by atoms with Crippen molar-refractivity contribution in [2.45, 2.75) is 19.3 Å². The van der Waals surface area contributed by atoms with Gasteiger partial charge in [-0.05, 0) is 43.0 Å². The molecule has 1 aliphatic heterocycles. The molecule has 4 nitrogen and oxygen atoms in total. The average Bonchev–Trinajstić information content (AvgIpc) is 2.38. The highest BCUT2D eigenvalue weighted by Crippen LogP contribution is 2.17. The third-order valence-electron chi connectivity index (χ3n) is 2.89. The van der Waals surface area contributed by atoms with Gasteiger partial charge in [-0.15, -0.1) is 0 Å². The Balaban J connectivity index is 2.04. The summed E-state index contributed by atoms with van der Waals surface area (Å²) in [6.45, 7) is 2.17. The van der Waals surface area contributed by atoms with Gasteiger partial charge in [0.05, 0.1) is 0 Å². The first kappa shape index (κ1) is 11.6. The number of amides is 1. The van der Waals surface area contributed by atoms with E-state index in [1.165, 1.54) is 25.3 Å². The van der Waals surface area contributed by atoms with Crippen LogP contribution in [-0.4, -0.2) is 24.0 Å². The van der Waals surface area contributed by atoms with Gasteiger partial charge in [0.2, 0.25) is 5.91 Å². The number of nitrogens with zero attached hydrogens (tertiary/aromatic N) is 2. The zero-order valence-corrected chi connectivity index (χ0v) is 9.80. The number of hydrogen-bond acceptors (Lipinski definition) is 3. The molecule has 1 saturated heterocycles. The number of nitrogens with two attached hydrogens (primary N) is 1. The maximum Gasteiger partial charge on any atom is 0.241 e. The van der Waals surface area contributed by atoms with E-state index in [0.717, 1.165) is 24.5 Å². The average molecular weight is 231 g/mol. The molecule has 4 heteroatoms. The summed E-state index contributed by atoms with van der Waals surface area (Å²) < 4.78 is 0. The van der Waals surface area contributed by atoms with Crippen molar-refractivity contribution in [3.63, 3.8) is 0 Å². The molecule has 0 aromatic carbocycles. The van der Waals surface area contributed by atoms with Crippen molar-refractivity contribution in [3.8, 4) is 0 Å². The van der Waals surface area contributed by atoms with Crippen molar-refractivity contribution >= 4 is 17.8 Å². The molecule has 1 aromatic heterocycles. The molecule has 1 amide bonds. The smallest absolute Gasteiger partial charge is 0.241 e. The van der Waals surface area contributed by atoms with Crippen LogP contribution in [-0.2, 0) is 4.79 Å². The van der Waals surface area contributed by atoms with Crippen molar-refractivity contribution in [1.82, 2.24) is 4.98 Å². The van der Waals surface area contributed by atoms with Gasteiger partial charge in [0.1, 0.15) is 5.82 Å². The number of primary amides is 1. The molecule has 0 saturated carbocycles. The van der Waals surface area contributed by atoms with Crippen molar-refractivity contribution in [1.29, 1.82) is 0 Å². The largest absolute Gasteiger partial charge is 0.366 e. The fourth-order valence-electron chi connectivity index (χ4n) is 1.98. The number of anilines is 1. The number of carbonyl (C=O) groups excluding carboxylic acids is 1. The number of rotatable bonds is 3. The second kappa shape index (κ2) is 5.48. The van der Waals surface area contributed by atoms with Crippen molar-refractivity contribution in [3.05, 3.63) is 30.0 Å². The van der Waals surface area contributed by atoms with Gasteiger partial charge < -0.3 is 10.6 Å². The second-order valence-corrected chi connectivity index (χ2v) is 4.23. The van der Waals surface area contributed by atoms with Gasteiger partial charge in [-0.2, -0.15) is 0 Å². The summed E-state index contributed by atoms with van der Waals surface area (Å²) >= 11 is 0. The zero-order valence-electron chi connectivity index (χ0n) is 9.80. The van der Waals surface area contributed by atoms with Gasteiger partial charge in [-0.3, -0.25) is 4.79 Å². The lowest BCUT2D eigenvalue weighted by Gasteiger charge is -2.27. The van der Waals surface area contributed by atoms with E-state index in [1.807, 2.05) is 12.1 Å². The second-order valence-electron chi connectivity index (χ2n) is 4.23. The Bertz CT molecular complexity index is 405. The van der Waals surface area contributed by atoms with Gasteiger partial charge in [-0.25, -0.2) is 4.98 Å². The molecular formula is C13H17N3O. The zero-order chi connectivity index (χ0) is 12.1. The monoisotopic (exact) mass is 231 g/mol. The summed E-state index contributed by atoms with van der Waals surface area (Å²) in [5.74, 6) is 0.575. The van der Waals surface area contributed by atoms with Crippen LogP contribution in [0.4, 0.5) is 5.82 Å². The molecule has 0 unspecified atom stereocenters. The predicted molar refractivity (Wildman–Crippen MR) is 68.5 cm³/mol. The molecular weight excluding hydrogens is 214 g/mol. The van der Waals surface area contributed by atoms with Crippen molar-refractivity contribution in [2.75, 3.05) is 18.0 Å². The minimum absolute atomic E-state index is 0.440. The van der Waals surface area contributed by atoms with Crippen LogP contribution >= 0.6 is 0 Å². The van der Waals surface area contributed by atoms with E-state index in [1.54, 1.807) is 12.3 Å². The van der Waals surface area contributed by atoms with Crippen LogP contribution in [0.5, 0.6) is 0 Å². The van der Waals surface area contributed by atoms with Crippen LogP contribution in [0.2, 0.25) is 0 Å². The maximum atomic E-state index is 10.6. The lowest BCUT2D eigenvalue weighted by Crippen LogP contribution is -2.29. The summed E-state index contributed by atoms with van der Waals surface area (Å²) in [6.07, 6.45) is 8.59. The molecule has 0 aliphatic carbocycles. The van der Waals surface area contributed by atoms with Gasteiger partial charge in [0, 0.05) is 25.4 Å². The number of aromatic nitrogens is 1. The van der Waals surface area contributed by atoms with Crippen LogP contribution in [0.3, 0.4) is 0 Å². The predicted octanol–water partition coefficient (Wildman–Crippen LogP) is 1.57. The number of pyridine rings is 1. The first-order valence-electron chi connectivity index (χ1n) is 5.94. The molecule has 2 N–H and O–H groups in total. The molecule has 1 fully saturated rings. The Morgan fingerprint density at radius 2 is 2.06 bits per heavy atom. The van der Waals surface area contributed by atoms with E-state index in [4.69, 9.17) is 5.73 Å². The lowest BCUT2D eigenvalue weighted by atomic mass is 10.1. The van der Waals surface area contributed by atoms with E-state index in [2.05, 4.69) is 9.88 Å². The molecule has 0 radical (unpaired) electrons. The Hall–Kier alpha value is -1.84. The van der Waals surface area contributed by atoms with E-state index >= 15 is 0 Å². The summed E-state index contributed by atoms with van der Waals surface area (Å²) in [6, 6.07) is 3.95. The van der Waals surface area contributed by atoms with Gasteiger partial charge in [0.25, 0.3) is 0 Å². The maximum absolute atomic E-state index is 10.6. The molecule has 1 aliphatic rings. The van der Waals surface area contributed by atoms with E-state index in [0.29, 0.717) is 0 Å². The minimum Gasteiger partial charge on any atom is -0.366 e. The van der Waals surface area contributed by atoms with Crippen LogP contribution in [0, 0.1) is 0 Å². The van der Waals surface area contributed by atoms with Gasteiger partial charge in [-0.1, -0.05) is 0 Å². The molecule has 2 heterocycles. The normalized spacial score (nSPS) is 16.4. The Morgan fingerprint density at radius 3 is 2.65 bits per heavy atom. The number of carbonyl (C=O) groups is 1. The number of piperidine rings is 1. The fraction of sp³-hybridized carbons (Fsp3) is 0.385. The quantitative estimate of drug-likeness (QED) is 0.803. The molecule has 17 heavy (non-hydrogen) atoms. The highest BCUT2D eigenvalue weighted by Gasteiger charge is 2.11. The summed E-state index contributed by atoms with van der Waals surface area (Å²) in [5, 5.41) is 0. The fourth-order valence-corrected chi connectivity index (χ4v) is 1.98. The first-order chi connectivity index (χ1) is 8.25. The summed E-state index contributed by atoms with van der Waals surface area (Å²) in [5.41, 5.74) is 5.93. The SMILES string of the molecule is NC(=O)/C=C\c1ccc(N2CCCCC2)nc1. The Morgan fingerprint density at radius 1 is 1.29 bits per heavy atom. The van der Waals surface area contributed by atoms with Gasteiger partial charge in [0.15, 0.2) is 0 Å². The summed E-state index contributed by atoms with van der Waals surface area (Å²) in [7, 11) is 0. The van der Waals surface area contributed by atoms with Crippen molar-refractivity contribution in [2.24, 2.45) is 5.73 Å². The standard InChI is InChI=1S/C13H17N3O/c14-12(17)6-4-11-5-7-13(15-10-11)16-8-2-1-3-9-16/h4-7,10H,1-3,8-9H2,(H2,14,17)/b6-4-. The Kier molecular flexibility index (Phi) is 3.75. The molecule has 0 atom stereocenters. The molecule has 2 rings (SSSR count). The van der Waals surface area contributed by atoms with E-state index in [-0.39, 0.29) is 0 Å². The van der Waals surface area contributed by atoms with Gasteiger partial charge >= 0.3 is 0 Å². The summed E-state index contributed by atoms with van der Waals surface area (Å²) in [4.78, 5) is 17.3. The topological polar surface area (TPSA) is 59.2 Å². The lowest BCUT2D eigenvalue weighted by molar-refractivity contribution is -0.113.